The van der Waals surface area contributed by atoms with Crippen molar-refractivity contribution < 1.29 is 30.0 Å². The average Bonchev–Trinajstić information content (AvgIpc) is 2.77. The van der Waals surface area contributed by atoms with E-state index in [1.807, 2.05) is 18.2 Å². The normalized spacial score (nSPS) is 13.2. The molecular formula is C21H23IrNO2. The van der Waals surface area contributed by atoms with Crippen LogP contribution in [0.3, 0.4) is 0 Å². The van der Waals surface area contributed by atoms with E-state index in [-0.39, 0.29) is 31.6 Å². The molecule has 0 saturated carbocycles. The minimum Gasteiger partial charge on any atom is -0.512 e. The Morgan fingerprint density at radius 2 is 1.84 bits per heavy atom. The van der Waals surface area contributed by atoms with Gasteiger partial charge in [-0.3, -0.25) is 4.79 Å². The van der Waals surface area contributed by atoms with Crippen molar-refractivity contribution in [3.63, 3.8) is 0 Å². The van der Waals surface area contributed by atoms with E-state index >= 15 is 0 Å². The van der Waals surface area contributed by atoms with Crippen LogP contribution in [0.5, 0.6) is 0 Å². The Balaban J connectivity index is 0.000000339. The standard InChI is InChI=1S/C16H14N.C5H8O2.Ir/c1-2-7-13(8-3-1)16-12-6-10-14-9-4-5-11-15(14)17-16;1-4(6)3-5(2)7;/h1-5,7,9,11H,6,10,12H2;3,6H,1-2H3;/q-1;;/p+1/b;4-3-;. The molecule has 2 N–H and O–H groups in total. The van der Waals surface area contributed by atoms with Crippen LogP contribution in [0.25, 0.3) is 0 Å². The molecule has 0 atom stereocenters. The largest absolute Gasteiger partial charge is 0.512 e. The maximum Gasteiger partial charge on any atom is 0.316 e. The number of hydrogen-bond acceptors (Lipinski definition) is 2. The summed E-state index contributed by atoms with van der Waals surface area (Å²) in [4.78, 5) is 13.2. The third kappa shape index (κ3) is 7.16. The molecule has 0 bridgehead atoms. The number of aryl methyl sites for hydroxylation is 1. The molecule has 0 aromatic heterocycles. The fraction of sp³-hybridized carbons (Fsp3) is 0.238. The van der Waals surface area contributed by atoms with Crippen molar-refractivity contribution in [2.24, 2.45) is 4.99 Å². The second-order valence-corrected chi connectivity index (χ2v) is 5.74. The molecule has 1 heterocycles. The summed E-state index contributed by atoms with van der Waals surface area (Å²) in [5.41, 5.74) is 4.77. The fourth-order valence-corrected chi connectivity index (χ4v) is 2.55. The maximum absolute atomic E-state index is 8.40. The molecule has 25 heavy (non-hydrogen) atoms. The van der Waals surface area contributed by atoms with E-state index in [9.17, 15) is 0 Å². The molecule has 2 aromatic rings. The van der Waals surface area contributed by atoms with Crippen LogP contribution in [0.1, 0.15) is 37.8 Å². The summed E-state index contributed by atoms with van der Waals surface area (Å²) < 4.78 is 0. The van der Waals surface area contributed by atoms with Crippen LogP contribution in [-0.4, -0.2) is 21.4 Å². The number of rotatable bonds is 2. The third-order valence-electron chi connectivity index (χ3n) is 3.54. The Morgan fingerprint density at radius 1 is 1.12 bits per heavy atom. The molecule has 4 heteroatoms. The van der Waals surface area contributed by atoms with Crippen LogP contribution in [0.15, 0.2) is 65.4 Å². The second-order valence-electron chi connectivity index (χ2n) is 5.74. The van der Waals surface area contributed by atoms with E-state index in [0.717, 1.165) is 29.8 Å². The Kier molecular flexibility index (Phi) is 9.04. The Hall–Kier alpha value is -2.03. The molecule has 3 rings (SSSR count). The molecule has 0 amide bonds. The Labute approximate surface area is 162 Å². The van der Waals surface area contributed by atoms with Crippen molar-refractivity contribution >= 4 is 17.2 Å². The molecule has 0 unspecified atom stereocenters. The van der Waals surface area contributed by atoms with Crippen molar-refractivity contribution in [1.82, 2.24) is 0 Å². The molecule has 0 fully saturated rings. The van der Waals surface area contributed by atoms with Crippen LogP contribution < -0.4 is 0 Å². The second kappa shape index (κ2) is 10.8. The molecule has 1 aliphatic heterocycles. The van der Waals surface area contributed by atoms with Crippen molar-refractivity contribution in [1.29, 1.82) is 0 Å². The summed E-state index contributed by atoms with van der Waals surface area (Å²) >= 11 is 0. The van der Waals surface area contributed by atoms with Gasteiger partial charge in [0.25, 0.3) is 0 Å². The predicted octanol–water partition coefficient (Wildman–Crippen LogP) is 4.95. The molecule has 0 aliphatic carbocycles. The van der Waals surface area contributed by atoms with Crippen molar-refractivity contribution in [3.05, 3.63) is 77.6 Å². The molecule has 1 aliphatic rings. The average molecular weight is 514 g/mol. The number of aliphatic hydroxyl groups is 1. The first-order chi connectivity index (χ1) is 11.6. The molecule has 3 nitrogen and oxygen atoms in total. The van der Waals surface area contributed by atoms with Crippen LogP contribution >= 0.6 is 0 Å². The zero-order valence-electron chi connectivity index (χ0n) is 14.5. The predicted molar refractivity (Wildman–Crippen MR) is 99.9 cm³/mol. The number of fused-ring (bicyclic) bond motifs is 1. The summed E-state index contributed by atoms with van der Waals surface area (Å²) in [6, 6.07) is 19.8. The molecule has 1 radical (unpaired) electrons. The number of hydrogen-bond donors (Lipinski definition) is 1. The molecule has 0 spiro atoms. The zero-order chi connectivity index (χ0) is 17.4. The molecule has 0 saturated heterocycles. The molecule has 133 valence electrons. The van der Waals surface area contributed by atoms with Crippen molar-refractivity contribution in [3.8, 4) is 0 Å². The van der Waals surface area contributed by atoms with Crippen molar-refractivity contribution in [2.75, 3.05) is 0 Å². The van der Waals surface area contributed by atoms with Gasteiger partial charge in [0.2, 0.25) is 0 Å². The molecule has 2 aromatic carbocycles. The minimum absolute atomic E-state index is 0. The Bertz CT molecular complexity index is 748. The van der Waals surface area contributed by atoms with Gasteiger partial charge < -0.3 is 10.1 Å². The van der Waals surface area contributed by atoms with Gasteiger partial charge in [-0.15, -0.1) is 35.9 Å². The quantitative estimate of drug-likeness (QED) is 0.263. The number of ketones is 1. The van der Waals surface area contributed by atoms with Gasteiger partial charge in [0.05, 0.1) is 24.4 Å². The number of allylic oxidation sites excluding steroid dienone is 2. The number of para-hydroxylation sites is 1. The Morgan fingerprint density at radius 3 is 2.44 bits per heavy atom. The first-order valence-corrected chi connectivity index (χ1v) is 8.08. The summed E-state index contributed by atoms with van der Waals surface area (Å²) in [7, 11) is 0. The number of benzene rings is 2. The summed E-state index contributed by atoms with van der Waals surface area (Å²) in [5.74, 6) is 0.250. The fourth-order valence-electron chi connectivity index (χ4n) is 2.55. The van der Waals surface area contributed by atoms with Gasteiger partial charge in [0.15, 0.2) is 0 Å². The smallest absolute Gasteiger partial charge is 0.316 e. The van der Waals surface area contributed by atoms with Gasteiger partial charge in [-0.05, 0) is 37.1 Å². The van der Waals surface area contributed by atoms with E-state index in [1.54, 1.807) is 0 Å². The van der Waals surface area contributed by atoms with E-state index in [0.29, 0.717) is 0 Å². The van der Waals surface area contributed by atoms with Crippen LogP contribution in [-0.2, 0) is 26.5 Å². The first kappa shape index (κ1) is 21.0. The molecular weight excluding hydrogens is 490 g/mol. The van der Waals surface area contributed by atoms with Gasteiger partial charge in [-0.1, -0.05) is 24.6 Å². The topological polar surface area (TPSA) is 54.0 Å². The number of aliphatic imine (C=N–C) groups is 1. The van der Waals surface area contributed by atoms with Gasteiger partial charge in [0, 0.05) is 20.1 Å². The SMILES string of the molecule is CC(=[OH+])/C=C(/C)O.[Ir].[c-]1ccccc1C1=Nc2ccccc2CCC1. The number of carbonyl (C=O) groups excluding carboxylic acids is 1. The summed E-state index contributed by atoms with van der Waals surface area (Å²) in [6.07, 6.45) is 4.60. The first-order valence-electron chi connectivity index (χ1n) is 8.08. The summed E-state index contributed by atoms with van der Waals surface area (Å²) in [5, 5.41) is 8.40. The van der Waals surface area contributed by atoms with E-state index in [4.69, 9.17) is 14.9 Å². The van der Waals surface area contributed by atoms with E-state index in [1.165, 1.54) is 31.9 Å². The van der Waals surface area contributed by atoms with Gasteiger partial charge in [0.1, 0.15) is 0 Å². The van der Waals surface area contributed by atoms with E-state index < -0.39 is 0 Å². The van der Waals surface area contributed by atoms with Crippen LogP contribution in [0, 0.1) is 6.07 Å². The number of nitrogens with zero attached hydrogens (tertiary/aromatic N) is 1. The monoisotopic (exact) mass is 514 g/mol. The number of aliphatic hydroxyl groups excluding tert-OH is 1. The van der Waals surface area contributed by atoms with E-state index in [2.05, 4.69) is 36.4 Å². The van der Waals surface area contributed by atoms with Gasteiger partial charge in [-0.2, -0.15) is 0 Å². The third-order valence-corrected chi connectivity index (χ3v) is 3.54. The van der Waals surface area contributed by atoms with Gasteiger partial charge in [-0.25, -0.2) is 0 Å². The summed E-state index contributed by atoms with van der Waals surface area (Å²) in [6.45, 7) is 3.00. The van der Waals surface area contributed by atoms with Crippen LogP contribution in [0.2, 0.25) is 0 Å². The van der Waals surface area contributed by atoms with Crippen molar-refractivity contribution in [2.45, 2.75) is 33.1 Å². The van der Waals surface area contributed by atoms with Crippen LogP contribution in [0.4, 0.5) is 5.69 Å². The zero-order valence-corrected chi connectivity index (χ0v) is 16.9. The minimum atomic E-state index is 0. The van der Waals surface area contributed by atoms with Gasteiger partial charge >= 0.3 is 5.78 Å². The maximum atomic E-state index is 8.40.